The Morgan fingerprint density at radius 3 is 2.08 bits per heavy atom. The third-order valence-electron chi connectivity index (χ3n) is 3.65. The summed E-state index contributed by atoms with van der Waals surface area (Å²) in [6.07, 6.45) is 0.183. The fourth-order valence-electron chi connectivity index (χ4n) is 2.64. The van der Waals surface area contributed by atoms with E-state index in [9.17, 15) is 26.7 Å². The van der Waals surface area contributed by atoms with Gasteiger partial charge in [-0.1, -0.05) is 0 Å². The zero-order valence-electron chi connectivity index (χ0n) is 14.1. The van der Waals surface area contributed by atoms with Gasteiger partial charge in [0.15, 0.2) is 23.3 Å². The van der Waals surface area contributed by atoms with Gasteiger partial charge in [-0.05, 0) is 33.6 Å². The number of carbonyl (C=O) groups excluding carboxylic acids is 1. The van der Waals surface area contributed by atoms with Gasteiger partial charge in [-0.2, -0.15) is 0 Å². The first-order valence-corrected chi connectivity index (χ1v) is 7.77. The third-order valence-corrected chi connectivity index (χ3v) is 3.65. The van der Waals surface area contributed by atoms with Crippen LogP contribution in [0.4, 0.5) is 32.4 Å². The molecule has 0 aromatic heterocycles. The Labute approximate surface area is 141 Å². The van der Waals surface area contributed by atoms with Crippen molar-refractivity contribution in [2.24, 2.45) is 0 Å². The number of halogens is 5. The number of nitrogens with zero attached hydrogens (tertiary/aromatic N) is 1. The van der Waals surface area contributed by atoms with Crippen LogP contribution in [-0.4, -0.2) is 30.8 Å². The van der Waals surface area contributed by atoms with E-state index in [1.165, 1.54) is 0 Å². The summed E-state index contributed by atoms with van der Waals surface area (Å²) < 4.78 is 72.8. The summed E-state index contributed by atoms with van der Waals surface area (Å²) in [6, 6.07) is -0.543. The van der Waals surface area contributed by atoms with Crippen LogP contribution in [0.1, 0.15) is 33.6 Å². The molecule has 140 valence electrons. The van der Waals surface area contributed by atoms with Gasteiger partial charge in [0.2, 0.25) is 5.82 Å². The molecule has 0 bridgehead atoms. The molecule has 0 radical (unpaired) electrons. The highest BCUT2D eigenvalue weighted by atomic mass is 19.2. The number of hydrogen-bond donors (Lipinski definition) is 1. The van der Waals surface area contributed by atoms with E-state index in [1.807, 2.05) is 0 Å². The second-order valence-electron chi connectivity index (χ2n) is 6.85. The van der Waals surface area contributed by atoms with Gasteiger partial charge in [-0.3, -0.25) is 0 Å². The maximum Gasteiger partial charge on any atom is 0.407 e. The van der Waals surface area contributed by atoms with Gasteiger partial charge in [-0.25, -0.2) is 26.7 Å². The molecule has 9 heteroatoms. The van der Waals surface area contributed by atoms with Gasteiger partial charge >= 0.3 is 6.09 Å². The van der Waals surface area contributed by atoms with E-state index >= 15 is 0 Å². The Balaban J connectivity index is 2.18. The number of carbonyl (C=O) groups is 1. The molecule has 0 spiro atoms. The first-order chi connectivity index (χ1) is 11.5. The molecule has 0 aliphatic carbocycles. The number of alkyl carbamates (subject to hydrolysis) is 1. The Morgan fingerprint density at radius 1 is 1.04 bits per heavy atom. The summed E-state index contributed by atoms with van der Waals surface area (Å²) >= 11 is 0. The Hall–Kier alpha value is -2.06. The van der Waals surface area contributed by atoms with Crippen LogP contribution >= 0.6 is 0 Å². The van der Waals surface area contributed by atoms with Crippen molar-refractivity contribution < 1.29 is 31.5 Å². The van der Waals surface area contributed by atoms with Gasteiger partial charge in [0.1, 0.15) is 11.3 Å². The van der Waals surface area contributed by atoms with Crippen molar-refractivity contribution in [3.63, 3.8) is 0 Å². The van der Waals surface area contributed by atoms with Gasteiger partial charge in [-0.15, -0.1) is 0 Å². The van der Waals surface area contributed by atoms with Crippen molar-refractivity contribution in [3.05, 3.63) is 29.1 Å². The summed E-state index contributed by atoms with van der Waals surface area (Å²) in [7, 11) is 0. The number of piperidine rings is 1. The van der Waals surface area contributed by atoms with Crippen molar-refractivity contribution >= 4 is 11.8 Å². The summed E-state index contributed by atoms with van der Waals surface area (Å²) in [5, 5.41) is 2.55. The van der Waals surface area contributed by atoms with Crippen LogP contribution in [0.15, 0.2) is 0 Å². The maximum absolute atomic E-state index is 13.9. The topological polar surface area (TPSA) is 41.6 Å². The van der Waals surface area contributed by atoms with E-state index in [-0.39, 0.29) is 13.1 Å². The molecule has 0 unspecified atom stereocenters. The number of anilines is 1. The molecule has 1 aromatic rings. The number of hydrogen-bond acceptors (Lipinski definition) is 3. The van der Waals surface area contributed by atoms with Crippen LogP contribution < -0.4 is 10.2 Å². The van der Waals surface area contributed by atoms with Gasteiger partial charge < -0.3 is 15.0 Å². The highest BCUT2D eigenvalue weighted by Crippen LogP contribution is 2.32. The van der Waals surface area contributed by atoms with Crippen LogP contribution in [0, 0.1) is 29.1 Å². The zero-order valence-corrected chi connectivity index (χ0v) is 14.1. The Bertz CT molecular complexity index is 646. The lowest BCUT2D eigenvalue weighted by molar-refractivity contribution is 0.0500. The number of ether oxygens (including phenoxy) is 1. The number of benzene rings is 1. The molecule has 1 aliphatic rings. The predicted molar refractivity (Wildman–Crippen MR) is 80.8 cm³/mol. The molecule has 1 heterocycles. The summed E-state index contributed by atoms with van der Waals surface area (Å²) in [6.45, 7) is 5.03. The van der Waals surface area contributed by atoms with Crippen molar-refractivity contribution in [1.82, 2.24) is 5.32 Å². The monoisotopic (exact) mass is 366 g/mol. The molecule has 1 aliphatic heterocycles. The molecule has 0 saturated carbocycles. The summed E-state index contributed by atoms with van der Waals surface area (Å²) in [5.41, 5.74) is -1.70. The highest BCUT2D eigenvalue weighted by molar-refractivity contribution is 5.68. The summed E-state index contributed by atoms with van der Waals surface area (Å²) in [5.74, 6) is -9.94. The molecule has 1 fully saturated rings. The van der Waals surface area contributed by atoms with Gasteiger partial charge in [0.05, 0.1) is 0 Å². The van der Waals surface area contributed by atoms with Crippen LogP contribution in [0.3, 0.4) is 0 Å². The lowest BCUT2D eigenvalue weighted by Crippen LogP contribution is -2.49. The molecule has 1 N–H and O–H groups in total. The molecule has 1 amide bonds. The minimum absolute atomic E-state index is 0.0996. The highest BCUT2D eigenvalue weighted by Gasteiger charge is 2.32. The van der Waals surface area contributed by atoms with Crippen LogP contribution in [0.2, 0.25) is 0 Å². The molecule has 1 atom stereocenters. The van der Waals surface area contributed by atoms with Crippen molar-refractivity contribution in [2.75, 3.05) is 18.0 Å². The summed E-state index contributed by atoms with van der Waals surface area (Å²) in [4.78, 5) is 12.8. The second-order valence-corrected chi connectivity index (χ2v) is 6.85. The van der Waals surface area contributed by atoms with E-state index in [4.69, 9.17) is 4.74 Å². The quantitative estimate of drug-likeness (QED) is 0.491. The van der Waals surface area contributed by atoms with E-state index in [0.29, 0.717) is 12.8 Å². The molecule has 4 nitrogen and oxygen atoms in total. The van der Waals surface area contributed by atoms with E-state index in [2.05, 4.69) is 5.32 Å². The first kappa shape index (κ1) is 19.3. The third kappa shape index (κ3) is 4.32. The fraction of sp³-hybridized carbons (Fsp3) is 0.562. The minimum atomic E-state index is -2.20. The molecule has 2 rings (SSSR count). The molecule has 1 saturated heterocycles. The lowest BCUT2D eigenvalue weighted by atomic mass is 10.0. The molecular weight excluding hydrogens is 347 g/mol. The Kier molecular flexibility index (Phi) is 5.43. The standard InChI is InChI=1S/C16H19F5N2O2/c1-16(2,3)25-15(24)22-8-5-4-6-23(7-8)14-12(20)10(18)9(17)11(19)13(14)21/h8H,4-7H2,1-3H3,(H,22,24)/t8-/m1/s1. The number of amides is 1. The SMILES string of the molecule is CC(C)(C)OC(=O)N[C@@H]1CCCN(c2c(F)c(F)c(F)c(F)c2F)C1. The average Bonchev–Trinajstić information content (AvgIpc) is 2.50. The van der Waals surface area contributed by atoms with Gasteiger partial charge in [0.25, 0.3) is 0 Å². The van der Waals surface area contributed by atoms with E-state index in [1.54, 1.807) is 20.8 Å². The molecule has 1 aromatic carbocycles. The smallest absolute Gasteiger partial charge is 0.407 e. The Morgan fingerprint density at radius 2 is 1.56 bits per heavy atom. The largest absolute Gasteiger partial charge is 0.444 e. The van der Waals surface area contributed by atoms with Gasteiger partial charge in [0, 0.05) is 19.1 Å². The predicted octanol–water partition coefficient (Wildman–Crippen LogP) is 3.88. The van der Waals surface area contributed by atoms with Crippen LogP contribution in [0.25, 0.3) is 0 Å². The minimum Gasteiger partial charge on any atom is -0.444 e. The van der Waals surface area contributed by atoms with Crippen molar-refractivity contribution in [1.29, 1.82) is 0 Å². The molecule has 25 heavy (non-hydrogen) atoms. The maximum atomic E-state index is 13.9. The second kappa shape index (κ2) is 7.05. The number of rotatable bonds is 2. The average molecular weight is 366 g/mol. The number of nitrogens with one attached hydrogen (secondary N) is 1. The fourth-order valence-corrected chi connectivity index (χ4v) is 2.64. The lowest BCUT2D eigenvalue weighted by Gasteiger charge is -2.35. The first-order valence-electron chi connectivity index (χ1n) is 7.77. The van der Waals surface area contributed by atoms with Crippen molar-refractivity contribution in [3.8, 4) is 0 Å². The zero-order chi connectivity index (χ0) is 18.9. The van der Waals surface area contributed by atoms with E-state index in [0.717, 1.165) is 4.90 Å². The normalized spacial score (nSPS) is 18.2. The van der Waals surface area contributed by atoms with Crippen LogP contribution in [-0.2, 0) is 4.74 Å². The molecular formula is C16H19F5N2O2. The van der Waals surface area contributed by atoms with Crippen LogP contribution in [0.5, 0.6) is 0 Å². The van der Waals surface area contributed by atoms with E-state index < -0.39 is 52.5 Å². The van der Waals surface area contributed by atoms with Crippen molar-refractivity contribution in [2.45, 2.75) is 45.3 Å².